The number of hydrogen-bond acceptors (Lipinski definition) is 5. The van der Waals surface area contributed by atoms with E-state index in [4.69, 9.17) is 9.47 Å². The van der Waals surface area contributed by atoms with E-state index >= 15 is 0 Å². The van der Waals surface area contributed by atoms with Crippen molar-refractivity contribution in [1.29, 1.82) is 0 Å². The summed E-state index contributed by atoms with van der Waals surface area (Å²) in [6.07, 6.45) is 1.33. The summed E-state index contributed by atoms with van der Waals surface area (Å²) in [5.41, 5.74) is 4.32. The molecule has 2 aliphatic rings. The second-order valence-electron chi connectivity index (χ2n) is 10.5. The number of Topliss-reactive ketones (excluding diaryl/α,β-unsaturated/α-hetero) is 1. The molecule has 2 aliphatic heterocycles. The van der Waals surface area contributed by atoms with Gasteiger partial charge in [0.05, 0.1) is 11.6 Å². The summed E-state index contributed by atoms with van der Waals surface area (Å²) in [4.78, 5) is 28.6. The average molecular weight is 546 g/mol. The number of ketones is 1. The molecule has 2 atom stereocenters. The molecule has 6 nitrogen and oxygen atoms in total. The first-order valence-corrected chi connectivity index (χ1v) is 13.9. The molecule has 2 heterocycles. The van der Waals surface area contributed by atoms with Crippen LogP contribution >= 0.6 is 0 Å². The van der Waals surface area contributed by atoms with Crippen molar-refractivity contribution in [3.05, 3.63) is 137 Å². The Morgan fingerprint density at radius 3 is 2.39 bits per heavy atom. The number of benzene rings is 4. The van der Waals surface area contributed by atoms with E-state index in [1.165, 1.54) is 0 Å². The first-order chi connectivity index (χ1) is 20.0. The maximum Gasteiger partial charge on any atom is 0.295 e. The molecular formula is C35H31NO5. The Hall–Kier alpha value is -4.84. The molecule has 1 N–H and O–H groups in total. The van der Waals surface area contributed by atoms with E-state index in [0.717, 1.165) is 22.4 Å². The minimum absolute atomic E-state index is 0.0459. The van der Waals surface area contributed by atoms with Gasteiger partial charge >= 0.3 is 0 Å². The van der Waals surface area contributed by atoms with Gasteiger partial charge in [-0.05, 0) is 65.9 Å². The minimum Gasteiger partial charge on any atom is -0.507 e. The number of nitrogens with zero attached hydrogens (tertiary/aromatic N) is 1. The maximum atomic E-state index is 13.5. The van der Waals surface area contributed by atoms with Gasteiger partial charge in [-0.2, -0.15) is 0 Å². The molecule has 1 amide bonds. The Balaban J connectivity index is 1.38. The van der Waals surface area contributed by atoms with Crippen LogP contribution in [0.15, 0.2) is 109 Å². The number of aliphatic hydroxyl groups is 1. The zero-order valence-electron chi connectivity index (χ0n) is 22.8. The van der Waals surface area contributed by atoms with Gasteiger partial charge in [-0.1, -0.05) is 72.8 Å². The van der Waals surface area contributed by atoms with Crippen molar-refractivity contribution < 1.29 is 24.2 Å². The lowest BCUT2D eigenvalue weighted by Crippen LogP contribution is -2.31. The molecule has 41 heavy (non-hydrogen) atoms. The van der Waals surface area contributed by atoms with Crippen molar-refractivity contribution in [3.8, 4) is 11.5 Å². The van der Waals surface area contributed by atoms with Crippen LogP contribution in [0.1, 0.15) is 40.8 Å². The Bertz CT molecular complexity index is 1610. The lowest BCUT2D eigenvalue weighted by Gasteiger charge is -2.26. The Morgan fingerprint density at radius 2 is 1.63 bits per heavy atom. The van der Waals surface area contributed by atoms with Gasteiger partial charge in [0.15, 0.2) is 0 Å². The van der Waals surface area contributed by atoms with Crippen LogP contribution in [-0.2, 0) is 29.0 Å². The van der Waals surface area contributed by atoms with Crippen molar-refractivity contribution in [1.82, 2.24) is 4.90 Å². The van der Waals surface area contributed by atoms with E-state index in [0.29, 0.717) is 42.9 Å². The van der Waals surface area contributed by atoms with Crippen LogP contribution in [-0.4, -0.2) is 34.3 Å². The van der Waals surface area contributed by atoms with Crippen LogP contribution in [0.5, 0.6) is 11.5 Å². The molecule has 206 valence electrons. The molecular weight excluding hydrogens is 514 g/mol. The fourth-order valence-corrected chi connectivity index (χ4v) is 5.59. The van der Waals surface area contributed by atoms with Crippen molar-refractivity contribution in [2.45, 2.75) is 38.5 Å². The molecule has 0 aliphatic carbocycles. The largest absolute Gasteiger partial charge is 0.507 e. The summed E-state index contributed by atoms with van der Waals surface area (Å²) in [6.45, 7) is 2.69. The summed E-state index contributed by atoms with van der Waals surface area (Å²) in [5, 5.41) is 11.6. The number of likely N-dealkylation sites (tertiary alicyclic amines) is 1. The normalized spacial score (nSPS) is 19.2. The van der Waals surface area contributed by atoms with Crippen molar-refractivity contribution in [2.24, 2.45) is 0 Å². The molecule has 0 radical (unpaired) electrons. The van der Waals surface area contributed by atoms with Gasteiger partial charge in [-0.25, -0.2) is 0 Å². The Kier molecular flexibility index (Phi) is 7.30. The van der Waals surface area contributed by atoms with Gasteiger partial charge in [0.2, 0.25) is 0 Å². The summed E-state index contributed by atoms with van der Waals surface area (Å²) in [5.74, 6) is -0.114. The molecule has 4 aromatic rings. The number of ether oxygens (including phenoxy) is 2. The number of carbonyl (C=O) groups excluding carboxylic acids is 2. The lowest BCUT2D eigenvalue weighted by atomic mass is 9.94. The summed E-state index contributed by atoms with van der Waals surface area (Å²) in [6, 6.07) is 31.7. The van der Waals surface area contributed by atoms with E-state index in [2.05, 4.69) is 0 Å². The van der Waals surface area contributed by atoms with Crippen molar-refractivity contribution in [3.63, 3.8) is 0 Å². The number of amides is 1. The summed E-state index contributed by atoms with van der Waals surface area (Å²) >= 11 is 0. The van der Waals surface area contributed by atoms with Gasteiger partial charge in [0.1, 0.15) is 30.0 Å². The molecule has 0 bridgehead atoms. The third kappa shape index (κ3) is 5.46. The fraction of sp³-hybridized carbons (Fsp3) is 0.200. The summed E-state index contributed by atoms with van der Waals surface area (Å²) in [7, 11) is 0. The molecule has 0 aromatic heterocycles. The average Bonchev–Trinajstić information content (AvgIpc) is 3.50. The van der Waals surface area contributed by atoms with Crippen LogP contribution in [0.2, 0.25) is 0 Å². The van der Waals surface area contributed by atoms with Crippen LogP contribution in [0, 0.1) is 0 Å². The van der Waals surface area contributed by atoms with E-state index in [-0.39, 0.29) is 17.4 Å². The van der Waals surface area contributed by atoms with Crippen LogP contribution in [0.3, 0.4) is 0 Å². The smallest absolute Gasteiger partial charge is 0.295 e. The van der Waals surface area contributed by atoms with Crippen molar-refractivity contribution >= 4 is 17.4 Å². The third-order valence-electron chi connectivity index (χ3n) is 7.62. The van der Waals surface area contributed by atoms with Gasteiger partial charge in [-0.15, -0.1) is 0 Å². The topological polar surface area (TPSA) is 76.1 Å². The summed E-state index contributed by atoms with van der Waals surface area (Å²) < 4.78 is 11.9. The monoisotopic (exact) mass is 545 g/mol. The molecule has 6 rings (SSSR count). The molecule has 1 saturated heterocycles. The van der Waals surface area contributed by atoms with E-state index in [9.17, 15) is 14.7 Å². The van der Waals surface area contributed by atoms with Crippen LogP contribution in [0.25, 0.3) is 5.76 Å². The number of aliphatic hydroxyl groups excluding tert-OH is 1. The highest BCUT2D eigenvalue weighted by molar-refractivity contribution is 6.46. The van der Waals surface area contributed by atoms with Crippen LogP contribution in [0.4, 0.5) is 0 Å². The fourth-order valence-electron chi connectivity index (χ4n) is 5.59. The van der Waals surface area contributed by atoms with Crippen molar-refractivity contribution in [2.75, 3.05) is 6.54 Å². The molecule has 4 aromatic carbocycles. The number of fused-ring (bicyclic) bond motifs is 1. The van der Waals surface area contributed by atoms with Crippen LogP contribution < -0.4 is 9.47 Å². The highest BCUT2D eigenvalue weighted by Gasteiger charge is 2.46. The molecule has 1 fully saturated rings. The van der Waals surface area contributed by atoms with Gasteiger partial charge in [0.25, 0.3) is 11.7 Å². The van der Waals surface area contributed by atoms with E-state index in [1.54, 1.807) is 11.0 Å². The number of carbonyl (C=O) groups is 2. The third-order valence-corrected chi connectivity index (χ3v) is 7.62. The quantitative estimate of drug-likeness (QED) is 0.161. The first kappa shape index (κ1) is 26.4. The highest BCUT2D eigenvalue weighted by Crippen LogP contribution is 2.41. The molecule has 0 spiro atoms. The predicted octanol–water partition coefficient (Wildman–Crippen LogP) is 6.25. The minimum atomic E-state index is -0.762. The predicted molar refractivity (Wildman–Crippen MR) is 157 cm³/mol. The second kappa shape index (κ2) is 11.3. The zero-order valence-corrected chi connectivity index (χ0v) is 22.8. The molecule has 0 unspecified atom stereocenters. The second-order valence-corrected chi connectivity index (χ2v) is 10.5. The molecule has 6 heteroatoms. The zero-order chi connectivity index (χ0) is 28.3. The standard InChI is InChI=1S/C35H31NO5/c1-23-19-28-20-27(15-16-30(28)41-23)33(37)31-32(36(35(39)34(31)38)18-17-24-9-4-2-5-10-24)26-13-8-14-29(21-26)40-22-25-11-6-3-7-12-25/h2-16,20-21,23,32,37H,17-19,22H2,1H3/t23-,32+/m0/s1. The maximum absolute atomic E-state index is 13.5. The lowest BCUT2D eigenvalue weighted by molar-refractivity contribution is -0.139. The number of hydrogen-bond donors (Lipinski definition) is 1. The van der Waals surface area contributed by atoms with E-state index < -0.39 is 17.7 Å². The van der Waals surface area contributed by atoms with Gasteiger partial charge in [-0.3, -0.25) is 9.59 Å². The Morgan fingerprint density at radius 1 is 0.902 bits per heavy atom. The van der Waals surface area contributed by atoms with Gasteiger partial charge < -0.3 is 19.5 Å². The van der Waals surface area contributed by atoms with E-state index in [1.807, 2.05) is 104 Å². The first-order valence-electron chi connectivity index (χ1n) is 13.9. The SMILES string of the molecule is C[C@H]1Cc2cc(C(O)=C3C(=O)C(=O)N(CCc4ccccc4)[C@@H]3c3cccc(OCc4ccccc4)c3)ccc2O1. The molecule has 0 saturated carbocycles. The number of rotatable bonds is 8. The Labute approximate surface area is 239 Å². The van der Waals surface area contributed by atoms with Gasteiger partial charge in [0, 0.05) is 18.5 Å². The highest BCUT2D eigenvalue weighted by atomic mass is 16.5.